The first kappa shape index (κ1) is 9.65. The lowest BCUT2D eigenvalue weighted by Crippen LogP contribution is -1.97. The first-order valence-electron chi connectivity index (χ1n) is 4.30. The summed E-state index contributed by atoms with van der Waals surface area (Å²) in [5.41, 5.74) is 0. The Bertz CT molecular complexity index is 310. The van der Waals surface area contributed by atoms with Crippen LogP contribution in [0.1, 0.15) is 12.8 Å². The van der Waals surface area contributed by atoms with Crippen LogP contribution in [-0.4, -0.2) is 12.4 Å². The molecular weight excluding hydrogens is 295 g/mol. The maximum atomic E-state index is 5.74. The second-order valence-corrected chi connectivity index (χ2v) is 5.16. The molecule has 0 bridgehead atoms. The minimum atomic E-state index is 0.494. The minimum absolute atomic E-state index is 0.494. The van der Waals surface area contributed by atoms with Crippen LogP contribution in [0.25, 0.3) is 0 Å². The van der Waals surface area contributed by atoms with Crippen LogP contribution < -0.4 is 4.74 Å². The fraction of sp³-hybridized carbons (Fsp3) is 0.400. The van der Waals surface area contributed by atoms with Crippen LogP contribution >= 0.6 is 34.4 Å². The molecule has 0 radical (unpaired) electrons. The zero-order valence-electron chi connectivity index (χ0n) is 7.42. The number of halogens is 1. The third kappa shape index (κ3) is 2.53. The zero-order valence-corrected chi connectivity index (χ0v) is 10.4. The van der Waals surface area contributed by atoms with Crippen molar-refractivity contribution in [3.8, 4) is 5.75 Å². The number of hydrogen-bond acceptors (Lipinski definition) is 2. The summed E-state index contributed by atoms with van der Waals surface area (Å²) >= 11 is 4.10. The fourth-order valence-electron chi connectivity index (χ4n) is 1.07. The lowest BCUT2D eigenvalue weighted by molar-refractivity contribution is 0.301. The third-order valence-corrected chi connectivity index (χ3v) is 3.53. The highest BCUT2D eigenvalue weighted by atomic mass is 127. The average Bonchev–Trinajstić information content (AvgIpc) is 2.92. The van der Waals surface area contributed by atoms with Crippen LogP contribution in [0.3, 0.4) is 0 Å². The lowest BCUT2D eigenvalue weighted by Gasteiger charge is -2.07. The standard InChI is InChI=1S/C10H11IOS/c1-13-8-4-5-10(9(11)6-8)12-7-2-3-7/h4-7H,2-3H2,1H3. The van der Waals surface area contributed by atoms with Crippen LogP contribution in [0.2, 0.25) is 0 Å². The minimum Gasteiger partial charge on any atom is -0.489 e. The van der Waals surface area contributed by atoms with Crippen molar-refractivity contribution in [2.75, 3.05) is 6.26 Å². The highest BCUT2D eigenvalue weighted by Crippen LogP contribution is 2.31. The molecule has 1 aromatic rings. The van der Waals surface area contributed by atoms with Gasteiger partial charge >= 0.3 is 0 Å². The van der Waals surface area contributed by atoms with Gasteiger partial charge in [0.2, 0.25) is 0 Å². The van der Waals surface area contributed by atoms with Gasteiger partial charge in [0.25, 0.3) is 0 Å². The second kappa shape index (κ2) is 4.09. The van der Waals surface area contributed by atoms with E-state index >= 15 is 0 Å². The van der Waals surface area contributed by atoms with Gasteiger partial charge < -0.3 is 4.74 Å². The molecule has 13 heavy (non-hydrogen) atoms. The van der Waals surface area contributed by atoms with Crippen LogP contribution in [0.5, 0.6) is 5.75 Å². The normalized spacial score (nSPS) is 15.8. The molecule has 1 nitrogen and oxygen atoms in total. The van der Waals surface area contributed by atoms with Crippen LogP contribution in [0.15, 0.2) is 23.1 Å². The molecule has 0 atom stereocenters. The predicted octanol–water partition coefficient (Wildman–Crippen LogP) is 3.55. The Balaban J connectivity index is 2.15. The second-order valence-electron chi connectivity index (χ2n) is 3.11. The van der Waals surface area contributed by atoms with Crippen molar-refractivity contribution >= 4 is 34.4 Å². The smallest absolute Gasteiger partial charge is 0.133 e. The lowest BCUT2D eigenvalue weighted by atomic mass is 10.3. The summed E-state index contributed by atoms with van der Waals surface area (Å²) in [6.45, 7) is 0. The van der Waals surface area contributed by atoms with Crippen molar-refractivity contribution in [2.45, 2.75) is 23.8 Å². The summed E-state index contributed by atoms with van der Waals surface area (Å²) in [5.74, 6) is 1.04. The van der Waals surface area contributed by atoms with E-state index in [9.17, 15) is 0 Å². The summed E-state index contributed by atoms with van der Waals surface area (Å²) in [6.07, 6.45) is 5.03. The molecule has 0 aromatic heterocycles. The topological polar surface area (TPSA) is 9.23 Å². The van der Waals surface area contributed by atoms with Gasteiger partial charge in [0, 0.05) is 4.90 Å². The van der Waals surface area contributed by atoms with Crippen LogP contribution in [-0.2, 0) is 0 Å². The number of thioether (sulfide) groups is 1. The molecule has 0 N–H and O–H groups in total. The van der Waals surface area contributed by atoms with E-state index in [4.69, 9.17) is 4.74 Å². The molecular formula is C10H11IOS. The van der Waals surface area contributed by atoms with Gasteiger partial charge in [-0.25, -0.2) is 0 Å². The van der Waals surface area contributed by atoms with Crippen molar-refractivity contribution in [1.82, 2.24) is 0 Å². The molecule has 1 aromatic carbocycles. The van der Waals surface area contributed by atoms with Gasteiger partial charge in [-0.3, -0.25) is 0 Å². The average molecular weight is 306 g/mol. The van der Waals surface area contributed by atoms with Gasteiger partial charge in [-0.1, -0.05) is 0 Å². The van der Waals surface area contributed by atoms with Crippen molar-refractivity contribution in [3.05, 3.63) is 21.8 Å². The summed E-state index contributed by atoms with van der Waals surface area (Å²) in [7, 11) is 0. The zero-order chi connectivity index (χ0) is 9.26. The number of benzene rings is 1. The summed E-state index contributed by atoms with van der Waals surface area (Å²) in [6, 6.07) is 6.36. The van der Waals surface area contributed by atoms with Crippen molar-refractivity contribution in [2.24, 2.45) is 0 Å². The Morgan fingerprint density at radius 1 is 1.46 bits per heavy atom. The molecule has 3 heteroatoms. The predicted molar refractivity (Wildman–Crippen MR) is 64.6 cm³/mol. The quantitative estimate of drug-likeness (QED) is 0.624. The maximum Gasteiger partial charge on any atom is 0.133 e. The molecule has 0 saturated heterocycles. The highest BCUT2D eigenvalue weighted by Gasteiger charge is 2.24. The highest BCUT2D eigenvalue weighted by molar-refractivity contribution is 14.1. The van der Waals surface area contributed by atoms with Crippen molar-refractivity contribution in [1.29, 1.82) is 0 Å². The van der Waals surface area contributed by atoms with E-state index in [1.54, 1.807) is 11.8 Å². The molecule has 0 unspecified atom stereocenters. The van der Waals surface area contributed by atoms with E-state index in [2.05, 4.69) is 47.0 Å². The SMILES string of the molecule is CSc1ccc(OC2CC2)c(I)c1. The van der Waals surface area contributed by atoms with Crippen LogP contribution in [0.4, 0.5) is 0 Å². The van der Waals surface area contributed by atoms with E-state index in [1.165, 1.54) is 21.3 Å². The Hall–Kier alpha value is 0.100. The summed E-state index contributed by atoms with van der Waals surface area (Å²) in [4.78, 5) is 1.30. The van der Waals surface area contributed by atoms with Crippen LogP contribution in [0, 0.1) is 3.57 Å². The summed E-state index contributed by atoms with van der Waals surface area (Å²) < 4.78 is 6.96. The van der Waals surface area contributed by atoms with E-state index in [-0.39, 0.29) is 0 Å². The largest absolute Gasteiger partial charge is 0.489 e. The molecule has 0 spiro atoms. The Morgan fingerprint density at radius 3 is 2.77 bits per heavy atom. The van der Waals surface area contributed by atoms with E-state index in [1.807, 2.05) is 0 Å². The molecule has 2 rings (SSSR count). The van der Waals surface area contributed by atoms with Gasteiger partial charge in [0.05, 0.1) is 9.67 Å². The summed E-state index contributed by atoms with van der Waals surface area (Å²) in [5, 5.41) is 0. The van der Waals surface area contributed by atoms with E-state index in [0.717, 1.165) is 5.75 Å². The molecule has 0 amide bonds. The molecule has 70 valence electrons. The van der Waals surface area contributed by atoms with E-state index in [0.29, 0.717) is 6.10 Å². The van der Waals surface area contributed by atoms with Gasteiger partial charge in [0.15, 0.2) is 0 Å². The Labute approximate surface area is 96.4 Å². The van der Waals surface area contributed by atoms with Crippen molar-refractivity contribution in [3.63, 3.8) is 0 Å². The molecule has 1 fully saturated rings. The first-order chi connectivity index (χ1) is 6.29. The molecule has 0 aliphatic heterocycles. The van der Waals surface area contributed by atoms with E-state index < -0.39 is 0 Å². The monoisotopic (exact) mass is 306 g/mol. The number of hydrogen-bond donors (Lipinski definition) is 0. The van der Waals surface area contributed by atoms with Crippen molar-refractivity contribution < 1.29 is 4.74 Å². The van der Waals surface area contributed by atoms with Gasteiger partial charge in [-0.2, -0.15) is 0 Å². The molecule has 0 heterocycles. The fourth-order valence-corrected chi connectivity index (χ4v) is 2.36. The van der Waals surface area contributed by atoms with Gasteiger partial charge in [-0.15, -0.1) is 11.8 Å². The Kier molecular flexibility index (Phi) is 3.03. The Morgan fingerprint density at radius 2 is 2.23 bits per heavy atom. The molecule has 1 saturated carbocycles. The first-order valence-corrected chi connectivity index (χ1v) is 6.60. The third-order valence-electron chi connectivity index (χ3n) is 1.96. The van der Waals surface area contributed by atoms with Gasteiger partial charge in [0.1, 0.15) is 5.75 Å². The number of rotatable bonds is 3. The molecule has 1 aliphatic carbocycles. The maximum absolute atomic E-state index is 5.74. The molecule has 1 aliphatic rings. The number of ether oxygens (including phenoxy) is 1. The van der Waals surface area contributed by atoms with Gasteiger partial charge in [-0.05, 0) is 59.9 Å².